The lowest BCUT2D eigenvalue weighted by molar-refractivity contribution is 0.348. The minimum Gasteiger partial charge on any atom is -0.296 e. The van der Waals surface area contributed by atoms with Crippen molar-refractivity contribution in [2.45, 2.75) is 119 Å². The average Bonchev–Trinajstić information content (AvgIpc) is 3.74. The Labute approximate surface area is 357 Å². The predicted molar refractivity (Wildman–Crippen MR) is 249 cm³/mol. The number of rotatable bonds is 5. The molecule has 1 heterocycles. The molecule has 2 saturated carbocycles. The fourth-order valence-corrected chi connectivity index (χ4v) is 13.1. The SMILES string of the molecule is C1=CC(C2=NC(c3ccccc3)C(c3ccc(C4=CCCC5=C4C4(CCCCC4)c4cc6c(cc45)C4(CCCCC4)c4ccccc4-6)cc3)NC2c2ccccc2)=CCC1. The maximum atomic E-state index is 5.71. The zero-order valence-electron chi connectivity index (χ0n) is 34.9. The van der Waals surface area contributed by atoms with Crippen LogP contribution in [0.25, 0.3) is 22.3 Å². The Balaban J connectivity index is 0.950. The van der Waals surface area contributed by atoms with Gasteiger partial charge in [-0.3, -0.25) is 10.3 Å². The zero-order chi connectivity index (χ0) is 39.7. The van der Waals surface area contributed by atoms with Crippen LogP contribution in [0.4, 0.5) is 0 Å². The molecular weight excluding hydrogens is 725 g/mol. The van der Waals surface area contributed by atoms with Gasteiger partial charge in [0.2, 0.25) is 0 Å². The lowest BCUT2D eigenvalue weighted by Crippen LogP contribution is -2.40. The largest absolute Gasteiger partial charge is 0.296 e. The van der Waals surface area contributed by atoms with Gasteiger partial charge in [-0.2, -0.15) is 0 Å². The Kier molecular flexibility index (Phi) is 8.95. The van der Waals surface area contributed by atoms with Gasteiger partial charge < -0.3 is 0 Å². The summed E-state index contributed by atoms with van der Waals surface area (Å²) < 4.78 is 0. The van der Waals surface area contributed by atoms with Crippen molar-refractivity contribution in [1.82, 2.24) is 5.32 Å². The van der Waals surface area contributed by atoms with Gasteiger partial charge in [-0.1, -0.05) is 172 Å². The third-order valence-electron chi connectivity index (χ3n) is 15.8. The number of fused-ring (bicyclic) bond motifs is 9. The molecule has 3 atom stereocenters. The maximum Gasteiger partial charge on any atom is 0.0948 e. The van der Waals surface area contributed by atoms with Gasteiger partial charge in [-0.05, 0) is 141 Å². The van der Waals surface area contributed by atoms with Gasteiger partial charge in [-0.25, -0.2) is 0 Å². The van der Waals surface area contributed by atoms with Crippen molar-refractivity contribution in [1.29, 1.82) is 0 Å². The first-order valence-corrected chi connectivity index (χ1v) is 23.4. The van der Waals surface area contributed by atoms with E-state index in [0.717, 1.165) is 31.4 Å². The van der Waals surface area contributed by atoms with Crippen LogP contribution < -0.4 is 5.32 Å². The third kappa shape index (κ3) is 5.66. The number of aliphatic imine (C=N–C) groups is 1. The molecule has 60 heavy (non-hydrogen) atoms. The molecule has 1 N–H and O–H groups in total. The van der Waals surface area contributed by atoms with E-state index >= 15 is 0 Å². The number of nitrogens with zero attached hydrogens (tertiary/aromatic N) is 1. The standard InChI is InChI=1S/C58H56N2/c1-6-19-40(20-7-1)53-54(41-21-8-2-9-22-41)60-56(55(59-53)42-23-10-3-11-24-42)43-31-29-39(30-32-43)44-26-18-27-46-48-38-50-47(37-51(48)58(52(44)46)35-16-5-17-36-58)45-25-12-13-28-49(45)57(50)33-14-4-15-34-57/h2-3,6,8-13,19-26,28-32,37-38,54-56,60H,1,4-5,7,14-18,27,33-36H2. The lowest BCUT2D eigenvalue weighted by atomic mass is 9.63. The smallest absolute Gasteiger partial charge is 0.0948 e. The molecule has 0 aromatic heterocycles. The Morgan fingerprint density at radius 3 is 1.93 bits per heavy atom. The van der Waals surface area contributed by atoms with Crippen LogP contribution >= 0.6 is 0 Å². The van der Waals surface area contributed by atoms with Crippen molar-refractivity contribution >= 4 is 16.9 Å². The average molecular weight is 781 g/mol. The van der Waals surface area contributed by atoms with E-state index in [1.54, 1.807) is 39.0 Å². The van der Waals surface area contributed by atoms with Crippen LogP contribution in [0.3, 0.4) is 0 Å². The summed E-state index contributed by atoms with van der Waals surface area (Å²) in [5.74, 6) is 0. The molecule has 5 aromatic rings. The maximum absolute atomic E-state index is 5.71. The number of benzene rings is 5. The first-order chi connectivity index (χ1) is 29.7. The quantitative estimate of drug-likeness (QED) is 0.189. The van der Waals surface area contributed by atoms with Gasteiger partial charge in [0, 0.05) is 10.8 Å². The Bertz CT molecular complexity index is 2620. The summed E-state index contributed by atoms with van der Waals surface area (Å²) in [6.45, 7) is 0. The van der Waals surface area contributed by atoms with Crippen molar-refractivity contribution < 1.29 is 0 Å². The van der Waals surface area contributed by atoms with Gasteiger partial charge in [0.05, 0.1) is 23.8 Å². The molecule has 2 heteroatoms. The van der Waals surface area contributed by atoms with E-state index in [9.17, 15) is 0 Å². The summed E-state index contributed by atoms with van der Waals surface area (Å²) in [4.78, 5) is 5.71. The van der Waals surface area contributed by atoms with E-state index in [1.807, 2.05) is 0 Å². The fraction of sp³-hybridized carbons (Fsp3) is 0.328. The predicted octanol–water partition coefficient (Wildman–Crippen LogP) is 14.6. The Morgan fingerprint density at radius 1 is 0.533 bits per heavy atom. The van der Waals surface area contributed by atoms with Crippen LogP contribution in [0.5, 0.6) is 0 Å². The molecule has 6 aliphatic carbocycles. The third-order valence-corrected chi connectivity index (χ3v) is 15.8. The summed E-state index contributed by atoms with van der Waals surface area (Å²) in [7, 11) is 0. The van der Waals surface area contributed by atoms with Gasteiger partial charge in [0.15, 0.2) is 0 Å². The molecule has 3 unspecified atom stereocenters. The first kappa shape index (κ1) is 36.5. The van der Waals surface area contributed by atoms with Gasteiger partial charge in [0.25, 0.3) is 0 Å². The summed E-state index contributed by atoms with van der Waals surface area (Å²) in [5.41, 5.74) is 22.3. The van der Waals surface area contributed by atoms with Gasteiger partial charge in [0.1, 0.15) is 0 Å². The molecule has 5 aromatic carbocycles. The minimum absolute atomic E-state index is 0.00287. The number of hydrogen-bond donors (Lipinski definition) is 1. The molecule has 12 rings (SSSR count). The highest BCUT2D eigenvalue weighted by Crippen LogP contribution is 2.64. The van der Waals surface area contributed by atoms with Gasteiger partial charge in [-0.15, -0.1) is 0 Å². The summed E-state index contributed by atoms with van der Waals surface area (Å²) in [6, 6.07) is 46.7. The monoisotopic (exact) mass is 780 g/mol. The highest BCUT2D eigenvalue weighted by molar-refractivity contribution is 6.07. The van der Waals surface area contributed by atoms with Gasteiger partial charge >= 0.3 is 0 Å². The number of nitrogens with one attached hydrogen (secondary N) is 1. The minimum atomic E-state index is -0.0409. The molecule has 0 radical (unpaired) electrons. The molecule has 298 valence electrons. The molecule has 0 amide bonds. The zero-order valence-corrected chi connectivity index (χ0v) is 34.9. The van der Waals surface area contributed by atoms with E-state index in [4.69, 9.17) is 4.99 Å². The Morgan fingerprint density at radius 2 is 1.20 bits per heavy atom. The normalized spacial score (nSPS) is 24.6. The van der Waals surface area contributed by atoms with E-state index in [0.29, 0.717) is 0 Å². The molecule has 2 spiro atoms. The lowest BCUT2D eigenvalue weighted by Gasteiger charge is -2.40. The summed E-state index contributed by atoms with van der Waals surface area (Å²) >= 11 is 0. The Hall–Kier alpha value is -5.31. The number of hydrogen-bond acceptors (Lipinski definition) is 2. The molecule has 0 saturated heterocycles. The van der Waals surface area contributed by atoms with Crippen molar-refractivity contribution in [3.8, 4) is 11.1 Å². The molecule has 0 bridgehead atoms. The van der Waals surface area contributed by atoms with E-state index in [1.165, 1.54) is 103 Å². The first-order valence-electron chi connectivity index (χ1n) is 23.4. The van der Waals surface area contributed by atoms with Crippen molar-refractivity contribution in [3.05, 3.63) is 201 Å². The van der Waals surface area contributed by atoms with Crippen LogP contribution in [0.1, 0.15) is 153 Å². The second kappa shape index (κ2) is 14.7. The fourth-order valence-electron chi connectivity index (χ4n) is 13.1. The highest BCUT2D eigenvalue weighted by Gasteiger charge is 2.51. The van der Waals surface area contributed by atoms with E-state index < -0.39 is 0 Å². The van der Waals surface area contributed by atoms with Crippen LogP contribution in [-0.2, 0) is 10.8 Å². The summed E-state index contributed by atoms with van der Waals surface area (Å²) in [5, 5.41) is 4.20. The molecule has 1 aliphatic heterocycles. The van der Waals surface area contributed by atoms with Crippen LogP contribution in [0, 0.1) is 0 Å². The molecule has 2 fully saturated rings. The van der Waals surface area contributed by atoms with Crippen LogP contribution in [0.2, 0.25) is 0 Å². The van der Waals surface area contributed by atoms with Crippen molar-refractivity contribution in [2.24, 2.45) is 4.99 Å². The number of allylic oxidation sites excluding steroid dienone is 7. The highest BCUT2D eigenvalue weighted by atomic mass is 15.1. The van der Waals surface area contributed by atoms with Crippen molar-refractivity contribution in [2.75, 3.05) is 0 Å². The topological polar surface area (TPSA) is 24.4 Å². The summed E-state index contributed by atoms with van der Waals surface area (Å²) in [6.07, 6.45) is 27.1. The van der Waals surface area contributed by atoms with Crippen molar-refractivity contribution in [3.63, 3.8) is 0 Å². The second-order valence-corrected chi connectivity index (χ2v) is 18.9. The van der Waals surface area contributed by atoms with E-state index in [2.05, 4.69) is 151 Å². The molecule has 7 aliphatic rings. The van der Waals surface area contributed by atoms with Crippen LogP contribution in [0.15, 0.2) is 162 Å². The van der Waals surface area contributed by atoms with Crippen LogP contribution in [-0.4, -0.2) is 5.71 Å². The second-order valence-electron chi connectivity index (χ2n) is 18.9. The molecular formula is C58H56N2. The molecule has 2 nitrogen and oxygen atoms in total. The van der Waals surface area contributed by atoms with E-state index in [-0.39, 0.29) is 29.0 Å².